The van der Waals surface area contributed by atoms with Crippen molar-refractivity contribution in [1.82, 2.24) is 24.4 Å². The highest BCUT2D eigenvalue weighted by molar-refractivity contribution is 7.89. The second kappa shape index (κ2) is 8.99. The molecule has 33 heavy (non-hydrogen) atoms. The van der Waals surface area contributed by atoms with Crippen LogP contribution in [0.15, 0.2) is 58.3 Å². The van der Waals surface area contributed by atoms with Gasteiger partial charge in [-0.2, -0.15) is 9.40 Å². The van der Waals surface area contributed by atoms with Gasteiger partial charge in [-0.05, 0) is 43.2 Å². The minimum Gasteiger partial charge on any atom is -0.442 e. The standard InChI is InChI=1S/C22H26N6O4S/c29-22(27-14-12-26(13-15-27)20-5-1-2-9-23-20)17-4-3-11-28(16-17)33(30,31)21-7-6-19(32-21)18-8-10-24-25-18/h1-2,5-10,17H,3-4,11-16H2,(H,24,25)/t17-/m1/s1. The number of piperidine rings is 1. The third-order valence-corrected chi connectivity index (χ3v) is 7.98. The Labute approximate surface area is 192 Å². The van der Waals surface area contributed by atoms with Crippen molar-refractivity contribution < 1.29 is 17.6 Å². The Kier molecular flexibility index (Phi) is 5.90. The lowest BCUT2D eigenvalue weighted by molar-refractivity contribution is -0.137. The van der Waals surface area contributed by atoms with E-state index >= 15 is 0 Å². The molecule has 1 amide bonds. The molecule has 1 N–H and O–H groups in total. The summed E-state index contributed by atoms with van der Waals surface area (Å²) in [6, 6.07) is 10.6. The summed E-state index contributed by atoms with van der Waals surface area (Å²) in [6.07, 6.45) is 4.66. The van der Waals surface area contributed by atoms with Crippen LogP contribution in [-0.4, -0.2) is 78.0 Å². The summed E-state index contributed by atoms with van der Waals surface area (Å²) in [5.74, 6) is 0.985. The number of carbonyl (C=O) groups excluding carboxylic acids is 1. The largest absolute Gasteiger partial charge is 0.442 e. The zero-order valence-electron chi connectivity index (χ0n) is 18.1. The molecular formula is C22H26N6O4S. The number of aromatic nitrogens is 3. The SMILES string of the molecule is O=C([C@@H]1CCCN(S(=O)(=O)c2ccc(-c3ccn[nH]3)o2)C1)N1CCN(c2ccccn2)CC1. The Hall–Kier alpha value is -3.18. The van der Waals surface area contributed by atoms with E-state index in [9.17, 15) is 13.2 Å². The number of hydrogen-bond donors (Lipinski definition) is 1. The molecule has 10 nitrogen and oxygen atoms in total. The highest BCUT2D eigenvalue weighted by atomic mass is 32.2. The van der Waals surface area contributed by atoms with Crippen molar-refractivity contribution in [3.8, 4) is 11.5 Å². The maximum atomic E-state index is 13.2. The summed E-state index contributed by atoms with van der Waals surface area (Å²) < 4.78 is 33.3. The molecule has 0 bridgehead atoms. The lowest BCUT2D eigenvalue weighted by Crippen LogP contribution is -2.53. The molecular weight excluding hydrogens is 444 g/mol. The summed E-state index contributed by atoms with van der Waals surface area (Å²) in [7, 11) is -3.83. The molecule has 0 saturated carbocycles. The van der Waals surface area contributed by atoms with E-state index in [1.807, 2.05) is 23.1 Å². The number of carbonyl (C=O) groups is 1. The zero-order chi connectivity index (χ0) is 22.8. The summed E-state index contributed by atoms with van der Waals surface area (Å²) in [5.41, 5.74) is 0.605. The third kappa shape index (κ3) is 4.38. The highest BCUT2D eigenvalue weighted by Gasteiger charge is 2.37. The number of rotatable bonds is 5. The summed E-state index contributed by atoms with van der Waals surface area (Å²) in [5, 5.41) is 6.50. The topological polar surface area (TPSA) is 116 Å². The second-order valence-corrected chi connectivity index (χ2v) is 10.2. The lowest BCUT2D eigenvalue weighted by atomic mass is 9.98. The van der Waals surface area contributed by atoms with Crippen molar-refractivity contribution in [2.24, 2.45) is 5.92 Å². The van der Waals surface area contributed by atoms with Crippen LogP contribution in [0.4, 0.5) is 5.82 Å². The number of furan rings is 1. The van der Waals surface area contributed by atoms with Crippen LogP contribution in [0.1, 0.15) is 12.8 Å². The number of hydrogen-bond acceptors (Lipinski definition) is 7. The van der Waals surface area contributed by atoms with Gasteiger partial charge in [-0.3, -0.25) is 9.89 Å². The predicted molar refractivity (Wildman–Crippen MR) is 121 cm³/mol. The maximum Gasteiger partial charge on any atom is 0.276 e. The number of sulfonamides is 1. The molecule has 0 unspecified atom stereocenters. The predicted octanol–water partition coefficient (Wildman–Crippen LogP) is 1.81. The molecule has 0 aliphatic carbocycles. The van der Waals surface area contributed by atoms with Crippen LogP contribution in [0.3, 0.4) is 0 Å². The molecule has 0 aromatic carbocycles. The first-order valence-electron chi connectivity index (χ1n) is 11.1. The van der Waals surface area contributed by atoms with E-state index in [1.54, 1.807) is 24.5 Å². The number of amides is 1. The quantitative estimate of drug-likeness (QED) is 0.605. The Balaban J connectivity index is 1.23. The Morgan fingerprint density at radius 3 is 2.61 bits per heavy atom. The van der Waals surface area contributed by atoms with Crippen molar-refractivity contribution in [2.45, 2.75) is 17.9 Å². The maximum absolute atomic E-state index is 13.2. The minimum absolute atomic E-state index is 0.0214. The van der Waals surface area contributed by atoms with Crippen LogP contribution >= 0.6 is 0 Å². The zero-order valence-corrected chi connectivity index (χ0v) is 18.9. The second-order valence-electron chi connectivity index (χ2n) is 8.29. The van der Waals surface area contributed by atoms with E-state index in [0.29, 0.717) is 57.0 Å². The molecule has 0 spiro atoms. The van der Waals surface area contributed by atoms with Crippen molar-refractivity contribution in [2.75, 3.05) is 44.2 Å². The molecule has 11 heteroatoms. The lowest BCUT2D eigenvalue weighted by Gasteiger charge is -2.38. The van der Waals surface area contributed by atoms with Crippen molar-refractivity contribution in [3.05, 3.63) is 48.8 Å². The Morgan fingerprint density at radius 2 is 1.88 bits per heavy atom. The molecule has 2 aliphatic heterocycles. The van der Waals surface area contributed by atoms with E-state index in [2.05, 4.69) is 20.1 Å². The number of anilines is 1. The average Bonchev–Trinajstić information content (AvgIpc) is 3.57. The normalized spacial score (nSPS) is 20.2. The minimum atomic E-state index is -3.83. The number of piperazine rings is 1. The average molecular weight is 471 g/mol. The first-order chi connectivity index (χ1) is 16.0. The first-order valence-corrected chi connectivity index (χ1v) is 12.5. The van der Waals surface area contributed by atoms with Gasteiger partial charge in [0.05, 0.1) is 5.92 Å². The van der Waals surface area contributed by atoms with Crippen LogP contribution in [0.5, 0.6) is 0 Å². The van der Waals surface area contributed by atoms with Crippen LogP contribution in [0.25, 0.3) is 11.5 Å². The van der Waals surface area contributed by atoms with Gasteiger partial charge in [-0.1, -0.05) is 6.07 Å². The first kappa shape index (κ1) is 21.7. The number of pyridine rings is 1. The molecule has 2 fully saturated rings. The molecule has 174 valence electrons. The molecule has 2 saturated heterocycles. The fraction of sp³-hybridized carbons (Fsp3) is 0.409. The van der Waals surface area contributed by atoms with Crippen LogP contribution in [-0.2, 0) is 14.8 Å². The van der Waals surface area contributed by atoms with E-state index in [4.69, 9.17) is 4.42 Å². The monoisotopic (exact) mass is 470 g/mol. The fourth-order valence-electron chi connectivity index (χ4n) is 4.44. The molecule has 3 aromatic rings. The summed E-state index contributed by atoms with van der Waals surface area (Å²) >= 11 is 0. The summed E-state index contributed by atoms with van der Waals surface area (Å²) in [4.78, 5) is 21.6. The van der Waals surface area contributed by atoms with Gasteiger partial charge in [0.2, 0.25) is 11.0 Å². The van der Waals surface area contributed by atoms with Crippen molar-refractivity contribution in [1.29, 1.82) is 0 Å². The van der Waals surface area contributed by atoms with E-state index in [0.717, 1.165) is 5.82 Å². The Bertz CT molecular complexity index is 1190. The fourth-order valence-corrected chi connectivity index (χ4v) is 5.88. The van der Waals surface area contributed by atoms with Gasteiger partial charge in [0.1, 0.15) is 11.5 Å². The third-order valence-electron chi connectivity index (χ3n) is 6.24. The van der Waals surface area contributed by atoms with Crippen molar-refractivity contribution >= 4 is 21.7 Å². The molecule has 5 heterocycles. The molecule has 3 aromatic heterocycles. The number of nitrogens with one attached hydrogen (secondary N) is 1. The van der Waals surface area contributed by atoms with Gasteiger partial charge in [0.25, 0.3) is 10.0 Å². The van der Waals surface area contributed by atoms with Gasteiger partial charge in [-0.15, -0.1) is 0 Å². The molecule has 5 rings (SSSR count). The highest BCUT2D eigenvalue weighted by Crippen LogP contribution is 2.29. The van der Waals surface area contributed by atoms with Crippen LogP contribution in [0, 0.1) is 5.92 Å². The smallest absolute Gasteiger partial charge is 0.276 e. The van der Waals surface area contributed by atoms with Gasteiger partial charge < -0.3 is 14.2 Å². The van der Waals surface area contributed by atoms with Crippen LogP contribution < -0.4 is 4.90 Å². The molecule has 1 atom stereocenters. The number of H-pyrrole nitrogens is 1. The van der Waals surface area contributed by atoms with E-state index in [1.165, 1.54) is 10.4 Å². The Morgan fingerprint density at radius 1 is 1.03 bits per heavy atom. The number of nitrogens with zero attached hydrogens (tertiary/aromatic N) is 5. The van der Waals surface area contributed by atoms with Crippen molar-refractivity contribution in [3.63, 3.8) is 0 Å². The number of aromatic amines is 1. The molecule has 2 aliphatic rings. The molecule has 0 radical (unpaired) electrons. The summed E-state index contributed by atoms with van der Waals surface area (Å²) in [6.45, 7) is 3.16. The van der Waals surface area contributed by atoms with Crippen LogP contribution in [0.2, 0.25) is 0 Å². The van der Waals surface area contributed by atoms with Gasteiger partial charge in [0, 0.05) is 51.7 Å². The van der Waals surface area contributed by atoms with Gasteiger partial charge >= 0.3 is 0 Å². The van der Waals surface area contributed by atoms with E-state index in [-0.39, 0.29) is 23.5 Å². The van der Waals surface area contributed by atoms with Gasteiger partial charge in [0.15, 0.2) is 5.76 Å². The van der Waals surface area contributed by atoms with Gasteiger partial charge in [-0.25, -0.2) is 13.4 Å². The van der Waals surface area contributed by atoms with E-state index < -0.39 is 10.0 Å².